The molecule has 0 radical (unpaired) electrons. The number of carbonyl (C=O) groups excluding carboxylic acids is 1. The largest absolute Gasteiger partial charge is 0.324 e. The molecular formula is C16H16BrN3O2. The van der Waals surface area contributed by atoms with Gasteiger partial charge >= 0.3 is 6.01 Å². The molecule has 0 bridgehead atoms. The summed E-state index contributed by atoms with van der Waals surface area (Å²) in [7, 11) is 0. The Balaban J connectivity index is 1.70. The van der Waals surface area contributed by atoms with Gasteiger partial charge in [-0.2, -0.15) is 4.98 Å². The summed E-state index contributed by atoms with van der Waals surface area (Å²) in [5.41, 5.74) is 0.961. The van der Waals surface area contributed by atoms with Gasteiger partial charge < -0.3 is 9.42 Å². The summed E-state index contributed by atoms with van der Waals surface area (Å²) in [6.07, 6.45) is 2.36. The van der Waals surface area contributed by atoms with E-state index in [2.05, 4.69) is 45.1 Å². The standard InChI is InChI=1S/C16H16BrN3O2/c1-16(10-2-3-10,11-4-6-12(17)7-5-11)14-18-15(22-19-14)20-8-13(21)9-20/h4-7,10H,2-3,8-9H2,1H3. The lowest BCUT2D eigenvalue weighted by Crippen LogP contribution is -2.47. The van der Waals surface area contributed by atoms with Crippen molar-refractivity contribution in [3.63, 3.8) is 0 Å². The van der Waals surface area contributed by atoms with E-state index in [1.54, 1.807) is 0 Å². The van der Waals surface area contributed by atoms with Crippen LogP contribution in [0.1, 0.15) is 31.2 Å². The number of rotatable bonds is 4. The molecule has 1 unspecified atom stereocenters. The maximum Gasteiger partial charge on any atom is 0.324 e. The number of benzene rings is 1. The molecule has 5 nitrogen and oxygen atoms in total. The fraction of sp³-hybridized carbons (Fsp3) is 0.438. The van der Waals surface area contributed by atoms with Gasteiger partial charge in [0.15, 0.2) is 11.6 Å². The Morgan fingerprint density at radius 2 is 1.95 bits per heavy atom. The lowest BCUT2D eigenvalue weighted by molar-refractivity contribution is -0.119. The van der Waals surface area contributed by atoms with Gasteiger partial charge in [0.25, 0.3) is 0 Å². The third-order valence-electron chi connectivity index (χ3n) is 4.72. The van der Waals surface area contributed by atoms with E-state index in [4.69, 9.17) is 4.52 Å². The van der Waals surface area contributed by atoms with E-state index < -0.39 is 0 Å². The van der Waals surface area contributed by atoms with E-state index in [-0.39, 0.29) is 11.2 Å². The number of halogens is 1. The smallest absolute Gasteiger partial charge is 0.315 e. The number of ketones is 1. The minimum absolute atomic E-state index is 0.206. The first-order valence-corrected chi connectivity index (χ1v) is 8.23. The van der Waals surface area contributed by atoms with E-state index in [9.17, 15) is 4.79 Å². The molecule has 1 saturated heterocycles. The van der Waals surface area contributed by atoms with Crippen molar-refractivity contribution < 1.29 is 9.32 Å². The Bertz CT molecular complexity index is 715. The van der Waals surface area contributed by atoms with Gasteiger partial charge in [-0.1, -0.05) is 33.2 Å². The maximum atomic E-state index is 11.1. The molecule has 2 heterocycles. The zero-order valence-electron chi connectivity index (χ0n) is 12.3. The third-order valence-corrected chi connectivity index (χ3v) is 5.25. The average Bonchev–Trinajstić information content (AvgIpc) is 3.22. The lowest BCUT2D eigenvalue weighted by atomic mass is 9.77. The summed E-state index contributed by atoms with van der Waals surface area (Å²) in [6, 6.07) is 8.78. The van der Waals surface area contributed by atoms with Crippen molar-refractivity contribution in [2.75, 3.05) is 18.0 Å². The molecule has 1 atom stereocenters. The first-order chi connectivity index (χ1) is 10.6. The summed E-state index contributed by atoms with van der Waals surface area (Å²) in [5.74, 6) is 1.46. The number of nitrogens with zero attached hydrogens (tertiary/aromatic N) is 3. The van der Waals surface area contributed by atoms with Gasteiger partial charge in [-0.3, -0.25) is 4.79 Å². The first kappa shape index (κ1) is 13.9. The van der Waals surface area contributed by atoms with Crippen LogP contribution in [0.15, 0.2) is 33.3 Å². The Morgan fingerprint density at radius 1 is 1.27 bits per heavy atom. The number of carbonyl (C=O) groups is 1. The quantitative estimate of drug-likeness (QED) is 0.837. The van der Waals surface area contributed by atoms with Gasteiger partial charge in [0.1, 0.15) is 0 Å². The van der Waals surface area contributed by atoms with Crippen molar-refractivity contribution in [2.24, 2.45) is 5.92 Å². The van der Waals surface area contributed by atoms with E-state index in [0.717, 1.165) is 4.47 Å². The number of hydrogen-bond acceptors (Lipinski definition) is 5. The molecule has 2 aliphatic rings. The van der Waals surface area contributed by atoms with Crippen LogP contribution in [0.5, 0.6) is 0 Å². The van der Waals surface area contributed by atoms with Gasteiger partial charge in [-0.15, -0.1) is 0 Å². The van der Waals surface area contributed by atoms with Gasteiger partial charge in [0.05, 0.1) is 18.5 Å². The monoisotopic (exact) mass is 361 g/mol. The lowest BCUT2D eigenvalue weighted by Gasteiger charge is -2.28. The molecule has 1 aromatic carbocycles. The minimum Gasteiger partial charge on any atom is -0.315 e. The number of hydrogen-bond donors (Lipinski definition) is 0. The zero-order valence-corrected chi connectivity index (χ0v) is 13.8. The molecule has 0 amide bonds. The first-order valence-electron chi connectivity index (χ1n) is 7.44. The van der Waals surface area contributed by atoms with Gasteiger partial charge in [-0.25, -0.2) is 0 Å². The molecule has 2 fully saturated rings. The molecule has 6 heteroatoms. The van der Waals surface area contributed by atoms with Crippen LogP contribution < -0.4 is 4.90 Å². The molecule has 0 spiro atoms. The molecule has 2 aromatic rings. The molecule has 1 saturated carbocycles. The predicted octanol–water partition coefficient (Wildman–Crippen LogP) is 2.94. The summed E-state index contributed by atoms with van der Waals surface area (Å²) >= 11 is 3.48. The molecule has 0 N–H and O–H groups in total. The Morgan fingerprint density at radius 3 is 2.55 bits per heavy atom. The van der Waals surface area contributed by atoms with Crippen LogP contribution in [0.25, 0.3) is 0 Å². The summed E-state index contributed by atoms with van der Waals surface area (Å²) in [5, 5.41) is 4.23. The second-order valence-electron chi connectivity index (χ2n) is 6.28. The Hall–Kier alpha value is -1.69. The van der Waals surface area contributed by atoms with E-state index in [1.807, 2.05) is 17.0 Å². The summed E-state index contributed by atoms with van der Waals surface area (Å²) in [4.78, 5) is 17.5. The molecular weight excluding hydrogens is 346 g/mol. The second kappa shape index (κ2) is 4.91. The van der Waals surface area contributed by atoms with Crippen LogP contribution in [0.3, 0.4) is 0 Å². The predicted molar refractivity (Wildman–Crippen MR) is 84.8 cm³/mol. The average molecular weight is 362 g/mol. The number of aromatic nitrogens is 2. The van der Waals surface area contributed by atoms with Crippen LogP contribution in [-0.4, -0.2) is 29.0 Å². The van der Waals surface area contributed by atoms with Crippen molar-refractivity contribution in [2.45, 2.75) is 25.2 Å². The molecule has 1 aliphatic heterocycles. The summed E-state index contributed by atoms with van der Waals surface area (Å²) < 4.78 is 6.45. The van der Waals surface area contributed by atoms with Crippen LogP contribution >= 0.6 is 15.9 Å². The van der Waals surface area contributed by atoms with Crippen molar-refractivity contribution in [1.82, 2.24) is 10.1 Å². The van der Waals surface area contributed by atoms with Gasteiger partial charge in [0, 0.05) is 4.47 Å². The van der Waals surface area contributed by atoms with Crippen LogP contribution in [0.4, 0.5) is 6.01 Å². The third kappa shape index (κ3) is 2.17. The fourth-order valence-corrected chi connectivity index (χ4v) is 3.34. The fourth-order valence-electron chi connectivity index (χ4n) is 3.07. The molecule has 114 valence electrons. The topological polar surface area (TPSA) is 59.2 Å². The van der Waals surface area contributed by atoms with Gasteiger partial charge in [0.2, 0.25) is 0 Å². The van der Waals surface area contributed by atoms with Crippen molar-refractivity contribution in [3.8, 4) is 0 Å². The molecule has 1 aromatic heterocycles. The van der Waals surface area contributed by atoms with Crippen molar-refractivity contribution in [3.05, 3.63) is 40.1 Å². The normalized spacial score (nSPS) is 20.6. The van der Waals surface area contributed by atoms with Crippen molar-refractivity contribution in [1.29, 1.82) is 0 Å². The number of anilines is 1. The highest BCUT2D eigenvalue weighted by molar-refractivity contribution is 9.10. The van der Waals surface area contributed by atoms with Crippen LogP contribution in [0.2, 0.25) is 0 Å². The number of Topliss-reactive ketones (excluding diaryl/α,β-unsaturated/α-hetero) is 1. The SMILES string of the molecule is CC(c1ccc(Br)cc1)(c1noc(N2CC(=O)C2)n1)C1CC1. The molecule has 22 heavy (non-hydrogen) atoms. The van der Waals surface area contributed by atoms with Crippen LogP contribution in [-0.2, 0) is 10.2 Å². The zero-order chi connectivity index (χ0) is 15.3. The Kier molecular flexibility index (Phi) is 3.11. The minimum atomic E-state index is -0.239. The van der Waals surface area contributed by atoms with Crippen LogP contribution in [0, 0.1) is 5.92 Å². The highest BCUT2D eigenvalue weighted by Gasteiger charge is 2.47. The Labute approximate surface area is 136 Å². The van der Waals surface area contributed by atoms with E-state index >= 15 is 0 Å². The van der Waals surface area contributed by atoms with Gasteiger partial charge in [-0.05, 0) is 43.4 Å². The summed E-state index contributed by atoms with van der Waals surface area (Å²) in [6.45, 7) is 2.93. The van der Waals surface area contributed by atoms with E-state index in [1.165, 1.54) is 18.4 Å². The second-order valence-corrected chi connectivity index (χ2v) is 7.19. The molecule has 4 rings (SSSR count). The van der Waals surface area contributed by atoms with Crippen molar-refractivity contribution >= 4 is 27.7 Å². The van der Waals surface area contributed by atoms with E-state index in [0.29, 0.717) is 30.8 Å². The molecule has 1 aliphatic carbocycles. The maximum absolute atomic E-state index is 11.1. The highest BCUT2D eigenvalue weighted by Crippen LogP contribution is 2.50. The highest BCUT2D eigenvalue weighted by atomic mass is 79.9.